The first-order chi connectivity index (χ1) is 14.5. The number of ether oxygens (including phenoxy) is 3. The SMILES string of the molecule is CC(C)(C)OC(=O)[C@H](CCC(=O)OC1CC(=O)NC1=O)NC(=O)OCc1ccccc1. The molecule has 2 atom stereocenters. The summed E-state index contributed by atoms with van der Waals surface area (Å²) in [5.41, 5.74) is -0.0484. The van der Waals surface area contributed by atoms with E-state index < -0.39 is 47.6 Å². The van der Waals surface area contributed by atoms with Crippen molar-refractivity contribution in [3.63, 3.8) is 0 Å². The lowest BCUT2D eigenvalue weighted by Gasteiger charge is -2.24. The number of esters is 2. The van der Waals surface area contributed by atoms with E-state index in [9.17, 15) is 24.0 Å². The Labute approximate surface area is 179 Å². The second-order valence-corrected chi connectivity index (χ2v) is 7.93. The molecular formula is C21H26N2O8. The molecule has 1 heterocycles. The number of benzene rings is 1. The van der Waals surface area contributed by atoms with E-state index in [1.807, 2.05) is 11.4 Å². The van der Waals surface area contributed by atoms with Gasteiger partial charge in [-0.05, 0) is 32.8 Å². The number of carbonyl (C=O) groups excluding carboxylic acids is 5. The third kappa shape index (κ3) is 8.45. The van der Waals surface area contributed by atoms with Gasteiger partial charge in [0.2, 0.25) is 5.91 Å². The van der Waals surface area contributed by atoms with Gasteiger partial charge < -0.3 is 19.5 Å². The van der Waals surface area contributed by atoms with Crippen LogP contribution in [0.5, 0.6) is 0 Å². The van der Waals surface area contributed by atoms with E-state index >= 15 is 0 Å². The van der Waals surface area contributed by atoms with E-state index in [0.29, 0.717) is 0 Å². The largest absolute Gasteiger partial charge is 0.458 e. The standard InChI is InChI=1S/C21H26N2O8/c1-21(2,3)31-19(27)14(22-20(28)29-12-13-7-5-4-6-8-13)9-10-17(25)30-15-11-16(24)23-18(15)26/h4-8,14-15H,9-12H2,1-3H3,(H,22,28)(H,23,24,26)/t14-,15?/m0/s1. The predicted octanol–water partition coefficient (Wildman–Crippen LogP) is 1.36. The smallest absolute Gasteiger partial charge is 0.408 e. The van der Waals surface area contributed by atoms with Gasteiger partial charge in [0.25, 0.3) is 5.91 Å². The molecule has 1 aromatic carbocycles. The fourth-order valence-electron chi connectivity index (χ4n) is 2.63. The molecule has 1 aliphatic heterocycles. The maximum Gasteiger partial charge on any atom is 0.408 e. The topological polar surface area (TPSA) is 137 Å². The highest BCUT2D eigenvalue weighted by molar-refractivity contribution is 6.05. The van der Waals surface area contributed by atoms with E-state index in [-0.39, 0.29) is 25.9 Å². The molecular weight excluding hydrogens is 408 g/mol. The molecule has 0 spiro atoms. The first-order valence-corrected chi connectivity index (χ1v) is 9.77. The summed E-state index contributed by atoms with van der Waals surface area (Å²) in [6, 6.07) is 7.80. The van der Waals surface area contributed by atoms with Crippen molar-refractivity contribution in [2.24, 2.45) is 0 Å². The Morgan fingerprint density at radius 1 is 1.16 bits per heavy atom. The van der Waals surface area contributed by atoms with Crippen LogP contribution in [0.2, 0.25) is 0 Å². The van der Waals surface area contributed by atoms with Gasteiger partial charge in [-0.1, -0.05) is 30.3 Å². The maximum absolute atomic E-state index is 12.5. The van der Waals surface area contributed by atoms with Crippen LogP contribution >= 0.6 is 0 Å². The summed E-state index contributed by atoms with van der Waals surface area (Å²) in [4.78, 5) is 59.3. The normalized spacial score (nSPS) is 16.8. The summed E-state index contributed by atoms with van der Waals surface area (Å²) in [5, 5.41) is 4.43. The number of amides is 3. The summed E-state index contributed by atoms with van der Waals surface area (Å²) < 4.78 is 15.4. The van der Waals surface area contributed by atoms with Gasteiger partial charge in [-0.3, -0.25) is 19.7 Å². The minimum Gasteiger partial charge on any atom is -0.458 e. The van der Waals surface area contributed by atoms with Crippen LogP contribution in [0.15, 0.2) is 30.3 Å². The van der Waals surface area contributed by atoms with Crippen LogP contribution in [0.25, 0.3) is 0 Å². The van der Waals surface area contributed by atoms with E-state index in [1.54, 1.807) is 45.0 Å². The van der Waals surface area contributed by atoms with Gasteiger partial charge in [0.05, 0.1) is 6.42 Å². The molecule has 31 heavy (non-hydrogen) atoms. The molecule has 1 aliphatic rings. The predicted molar refractivity (Wildman–Crippen MR) is 106 cm³/mol. The highest BCUT2D eigenvalue weighted by Gasteiger charge is 2.34. The van der Waals surface area contributed by atoms with Crippen LogP contribution in [0, 0.1) is 0 Å². The molecule has 10 nitrogen and oxygen atoms in total. The Hall–Kier alpha value is -3.43. The monoisotopic (exact) mass is 434 g/mol. The molecule has 10 heteroatoms. The molecule has 1 saturated heterocycles. The lowest BCUT2D eigenvalue weighted by Crippen LogP contribution is -2.44. The summed E-state index contributed by atoms with van der Waals surface area (Å²) >= 11 is 0. The van der Waals surface area contributed by atoms with Gasteiger partial charge in [0.1, 0.15) is 18.2 Å². The molecule has 1 aromatic rings. The molecule has 0 saturated carbocycles. The van der Waals surface area contributed by atoms with Crippen molar-refractivity contribution in [2.75, 3.05) is 0 Å². The van der Waals surface area contributed by atoms with Gasteiger partial charge in [0.15, 0.2) is 6.10 Å². The molecule has 168 valence electrons. The number of rotatable bonds is 8. The van der Waals surface area contributed by atoms with Crippen LogP contribution in [0.1, 0.15) is 45.6 Å². The Bertz CT molecular complexity index is 832. The minimum atomic E-state index is -1.19. The minimum absolute atomic E-state index is 0.000569. The van der Waals surface area contributed by atoms with Gasteiger partial charge >= 0.3 is 18.0 Å². The van der Waals surface area contributed by atoms with Gasteiger partial charge in [-0.25, -0.2) is 9.59 Å². The van der Waals surface area contributed by atoms with E-state index in [2.05, 4.69) is 5.32 Å². The second kappa shape index (κ2) is 10.6. The number of hydrogen-bond donors (Lipinski definition) is 2. The van der Waals surface area contributed by atoms with Crippen LogP contribution in [0.3, 0.4) is 0 Å². The van der Waals surface area contributed by atoms with Gasteiger partial charge in [0, 0.05) is 6.42 Å². The van der Waals surface area contributed by atoms with E-state index in [0.717, 1.165) is 5.56 Å². The number of imide groups is 1. The highest BCUT2D eigenvalue weighted by atomic mass is 16.6. The van der Waals surface area contributed by atoms with Gasteiger partial charge in [-0.15, -0.1) is 0 Å². The molecule has 0 aromatic heterocycles. The molecule has 2 N–H and O–H groups in total. The van der Waals surface area contributed by atoms with Crippen LogP contribution in [0.4, 0.5) is 4.79 Å². The fourth-order valence-corrected chi connectivity index (χ4v) is 2.63. The molecule has 0 radical (unpaired) electrons. The first kappa shape index (κ1) is 23.8. The zero-order valence-corrected chi connectivity index (χ0v) is 17.6. The second-order valence-electron chi connectivity index (χ2n) is 7.93. The molecule has 2 rings (SSSR count). The molecule has 1 fully saturated rings. The zero-order valence-electron chi connectivity index (χ0n) is 17.6. The van der Waals surface area contributed by atoms with Crippen molar-refractivity contribution < 1.29 is 38.2 Å². The van der Waals surface area contributed by atoms with Crippen molar-refractivity contribution in [3.8, 4) is 0 Å². The van der Waals surface area contributed by atoms with E-state index in [4.69, 9.17) is 14.2 Å². The molecule has 0 bridgehead atoms. The quantitative estimate of drug-likeness (QED) is 0.355. The van der Waals surface area contributed by atoms with Crippen molar-refractivity contribution in [1.82, 2.24) is 10.6 Å². The third-order valence-electron chi connectivity index (χ3n) is 4.03. The average Bonchev–Trinajstić information content (AvgIpc) is 2.99. The first-order valence-electron chi connectivity index (χ1n) is 9.77. The number of carbonyl (C=O) groups is 5. The Morgan fingerprint density at radius 3 is 2.42 bits per heavy atom. The highest BCUT2D eigenvalue weighted by Crippen LogP contribution is 2.13. The van der Waals surface area contributed by atoms with Crippen molar-refractivity contribution >= 4 is 29.8 Å². The summed E-state index contributed by atoms with van der Waals surface area (Å²) in [5.74, 6) is -2.75. The van der Waals surface area contributed by atoms with Crippen LogP contribution in [-0.4, -0.2) is 47.6 Å². The van der Waals surface area contributed by atoms with Crippen LogP contribution < -0.4 is 10.6 Å². The average molecular weight is 434 g/mol. The van der Waals surface area contributed by atoms with E-state index in [1.165, 1.54) is 0 Å². The number of nitrogens with one attached hydrogen (secondary N) is 2. The number of alkyl carbamates (subject to hydrolysis) is 1. The summed E-state index contributed by atoms with van der Waals surface area (Å²) in [6.07, 6.45) is -2.72. The Morgan fingerprint density at radius 2 is 1.84 bits per heavy atom. The molecule has 1 unspecified atom stereocenters. The Kier molecular flexibility index (Phi) is 8.12. The molecule has 0 aliphatic carbocycles. The summed E-state index contributed by atoms with van der Waals surface area (Å²) in [7, 11) is 0. The maximum atomic E-state index is 12.5. The summed E-state index contributed by atoms with van der Waals surface area (Å²) in [6.45, 7) is 5.00. The van der Waals surface area contributed by atoms with Crippen LogP contribution in [-0.2, 0) is 40.0 Å². The lowest BCUT2D eigenvalue weighted by molar-refractivity contribution is -0.158. The number of hydrogen-bond acceptors (Lipinski definition) is 8. The third-order valence-corrected chi connectivity index (χ3v) is 4.03. The van der Waals surface area contributed by atoms with Gasteiger partial charge in [-0.2, -0.15) is 0 Å². The Balaban J connectivity index is 1.91. The fraction of sp³-hybridized carbons (Fsp3) is 0.476. The van der Waals surface area contributed by atoms with Crippen molar-refractivity contribution in [1.29, 1.82) is 0 Å². The van der Waals surface area contributed by atoms with Crippen molar-refractivity contribution in [3.05, 3.63) is 35.9 Å². The zero-order chi connectivity index (χ0) is 23.0. The van der Waals surface area contributed by atoms with Crippen molar-refractivity contribution in [2.45, 2.75) is 64.4 Å². The molecule has 3 amide bonds. The lowest BCUT2D eigenvalue weighted by atomic mass is 10.1.